The zero-order valence-electron chi connectivity index (χ0n) is 14.8. The third kappa shape index (κ3) is 4.41. The van der Waals surface area contributed by atoms with Gasteiger partial charge in [-0.1, -0.05) is 12.1 Å². The van der Waals surface area contributed by atoms with Gasteiger partial charge in [0.1, 0.15) is 11.6 Å². The van der Waals surface area contributed by atoms with Crippen molar-refractivity contribution in [1.29, 1.82) is 0 Å². The molecule has 3 rings (SSSR count). The largest absolute Gasteiger partial charge is 0.497 e. The SMILES string of the molecule is COc1ccc(CN2CCCN(S(=O)(=O)c3ccc(F)cc3)CC2)cc1. The molecule has 1 heterocycles. The van der Waals surface area contributed by atoms with E-state index >= 15 is 0 Å². The van der Waals surface area contributed by atoms with Crippen molar-refractivity contribution in [2.24, 2.45) is 0 Å². The molecule has 0 amide bonds. The number of hydrogen-bond donors (Lipinski definition) is 0. The molecule has 2 aromatic rings. The molecule has 1 saturated heterocycles. The molecule has 1 aliphatic rings. The van der Waals surface area contributed by atoms with Crippen molar-refractivity contribution in [3.63, 3.8) is 0 Å². The highest BCUT2D eigenvalue weighted by Crippen LogP contribution is 2.19. The van der Waals surface area contributed by atoms with Crippen LogP contribution in [0.1, 0.15) is 12.0 Å². The first-order valence-corrected chi connectivity index (χ1v) is 10.0. The van der Waals surface area contributed by atoms with Crippen LogP contribution in [0, 0.1) is 5.82 Å². The van der Waals surface area contributed by atoms with Crippen molar-refractivity contribution in [3.05, 3.63) is 59.9 Å². The zero-order chi connectivity index (χ0) is 18.6. The minimum atomic E-state index is -3.58. The molecule has 0 saturated carbocycles. The highest BCUT2D eigenvalue weighted by atomic mass is 32.2. The van der Waals surface area contributed by atoms with Gasteiger partial charge in [-0.15, -0.1) is 0 Å². The van der Waals surface area contributed by atoms with Crippen LogP contribution in [-0.4, -0.2) is 50.9 Å². The van der Waals surface area contributed by atoms with Crippen LogP contribution in [0.2, 0.25) is 0 Å². The van der Waals surface area contributed by atoms with E-state index in [1.807, 2.05) is 24.3 Å². The minimum absolute atomic E-state index is 0.141. The summed E-state index contributed by atoms with van der Waals surface area (Å²) in [6.07, 6.45) is 0.760. The summed E-state index contributed by atoms with van der Waals surface area (Å²) >= 11 is 0. The fraction of sp³-hybridized carbons (Fsp3) is 0.368. The molecule has 26 heavy (non-hydrogen) atoms. The second-order valence-corrected chi connectivity index (χ2v) is 8.27. The quantitative estimate of drug-likeness (QED) is 0.803. The molecule has 0 atom stereocenters. The van der Waals surface area contributed by atoms with E-state index in [1.165, 1.54) is 34.1 Å². The zero-order valence-corrected chi connectivity index (χ0v) is 15.6. The van der Waals surface area contributed by atoms with Crippen LogP contribution >= 0.6 is 0 Å². The predicted molar refractivity (Wildman–Crippen MR) is 98.0 cm³/mol. The van der Waals surface area contributed by atoms with E-state index in [0.717, 1.165) is 25.3 Å². The highest BCUT2D eigenvalue weighted by molar-refractivity contribution is 7.89. The topological polar surface area (TPSA) is 49.9 Å². The molecule has 0 spiro atoms. The Labute approximate surface area is 154 Å². The smallest absolute Gasteiger partial charge is 0.243 e. The predicted octanol–water partition coefficient (Wildman–Crippen LogP) is 2.73. The van der Waals surface area contributed by atoms with E-state index < -0.39 is 15.8 Å². The molecule has 1 fully saturated rings. The number of ether oxygens (including phenoxy) is 1. The molecule has 0 N–H and O–H groups in total. The van der Waals surface area contributed by atoms with E-state index in [4.69, 9.17) is 4.74 Å². The Balaban J connectivity index is 1.64. The van der Waals surface area contributed by atoms with Crippen LogP contribution in [0.4, 0.5) is 4.39 Å². The first-order chi connectivity index (χ1) is 12.5. The van der Waals surface area contributed by atoms with E-state index in [-0.39, 0.29) is 4.90 Å². The lowest BCUT2D eigenvalue weighted by Gasteiger charge is -2.22. The average molecular weight is 378 g/mol. The van der Waals surface area contributed by atoms with Crippen molar-refractivity contribution < 1.29 is 17.5 Å². The van der Waals surface area contributed by atoms with Gasteiger partial charge in [-0.2, -0.15) is 4.31 Å². The third-order valence-corrected chi connectivity index (χ3v) is 6.48. The molecule has 0 unspecified atom stereocenters. The van der Waals surface area contributed by atoms with Crippen molar-refractivity contribution in [1.82, 2.24) is 9.21 Å². The Kier molecular flexibility index (Phi) is 5.90. The summed E-state index contributed by atoms with van der Waals surface area (Å²) in [6.45, 7) is 3.16. The fourth-order valence-corrected chi connectivity index (χ4v) is 4.56. The summed E-state index contributed by atoms with van der Waals surface area (Å²) in [5, 5.41) is 0. The molecule has 0 bridgehead atoms. The second kappa shape index (κ2) is 8.16. The monoisotopic (exact) mass is 378 g/mol. The van der Waals surface area contributed by atoms with Gasteiger partial charge in [-0.3, -0.25) is 4.90 Å². The van der Waals surface area contributed by atoms with Gasteiger partial charge in [0.15, 0.2) is 0 Å². The van der Waals surface area contributed by atoms with E-state index in [0.29, 0.717) is 19.6 Å². The normalized spacial score (nSPS) is 17.0. The lowest BCUT2D eigenvalue weighted by Crippen LogP contribution is -2.35. The van der Waals surface area contributed by atoms with Crippen molar-refractivity contribution in [2.45, 2.75) is 17.9 Å². The Morgan fingerprint density at radius 3 is 2.31 bits per heavy atom. The highest BCUT2D eigenvalue weighted by Gasteiger charge is 2.26. The third-order valence-electron chi connectivity index (χ3n) is 4.56. The van der Waals surface area contributed by atoms with Crippen LogP contribution in [0.5, 0.6) is 5.75 Å². The van der Waals surface area contributed by atoms with Gasteiger partial charge in [0.2, 0.25) is 10.0 Å². The summed E-state index contributed by atoms with van der Waals surface area (Å²) in [7, 11) is -1.95. The second-order valence-electron chi connectivity index (χ2n) is 6.34. The number of halogens is 1. The van der Waals surface area contributed by atoms with E-state index in [1.54, 1.807) is 7.11 Å². The van der Waals surface area contributed by atoms with Crippen LogP contribution in [0.15, 0.2) is 53.4 Å². The van der Waals surface area contributed by atoms with Crippen molar-refractivity contribution in [2.75, 3.05) is 33.3 Å². The summed E-state index contributed by atoms with van der Waals surface area (Å²) in [6, 6.07) is 12.9. The van der Waals surface area contributed by atoms with Gasteiger partial charge < -0.3 is 4.74 Å². The van der Waals surface area contributed by atoms with Crippen LogP contribution in [0.25, 0.3) is 0 Å². The molecule has 7 heteroatoms. The lowest BCUT2D eigenvalue weighted by atomic mass is 10.2. The maximum absolute atomic E-state index is 13.1. The van der Waals surface area contributed by atoms with E-state index in [2.05, 4.69) is 4.90 Å². The molecule has 140 valence electrons. The number of benzene rings is 2. The van der Waals surface area contributed by atoms with Crippen molar-refractivity contribution in [3.8, 4) is 5.75 Å². The van der Waals surface area contributed by atoms with Gasteiger partial charge in [-0.05, 0) is 54.9 Å². The molecule has 1 aliphatic heterocycles. The van der Waals surface area contributed by atoms with E-state index in [9.17, 15) is 12.8 Å². The first-order valence-electron chi connectivity index (χ1n) is 8.60. The van der Waals surface area contributed by atoms with Crippen molar-refractivity contribution >= 4 is 10.0 Å². The minimum Gasteiger partial charge on any atom is -0.497 e. The standard InChI is InChI=1S/C19H23FN2O3S/c1-25-18-7-3-16(4-8-18)15-21-11-2-12-22(14-13-21)26(23,24)19-9-5-17(20)6-10-19/h3-10H,2,11-15H2,1H3. The Hall–Kier alpha value is -1.96. The number of nitrogens with zero attached hydrogens (tertiary/aromatic N) is 2. The summed E-state index contributed by atoms with van der Waals surface area (Å²) in [4.78, 5) is 2.39. The van der Waals surface area contributed by atoms with Crippen LogP contribution in [-0.2, 0) is 16.6 Å². The van der Waals surface area contributed by atoms with Crippen LogP contribution in [0.3, 0.4) is 0 Å². The van der Waals surface area contributed by atoms with Gasteiger partial charge >= 0.3 is 0 Å². The van der Waals surface area contributed by atoms with Gasteiger partial charge in [0.05, 0.1) is 12.0 Å². The molecule has 0 aliphatic carbocycles. The molecule has 0 radical (unpaired) electrons. The molecule has 2 aromatic carbocycles. The first kappa shape index (κ1) is 18.8. The molecular formula is C19H23FN2O3S. The Morgan fingerprint density at radius 2 is 1.65 bits per heavy atom. The molecule has 5 nitrogen and oxygen atoms in total. The maximum Gasteiger partial charge on any atom is 0.243 e. The number of rotatable bonds is 5. The average Bonchev–Trinajstić information content (AvgIpc) is 2.89. The Bertz CT molecular complexity index is 823. The number of sulfonamides is 1. The number of methoxy groups -OCH3 is 1. The van der Waals surface area contributed by atoms with Crippen LogP contribution < -0.4 is 4.74 Å². The van der Waals surface area contributed by atoms with Gasteiger partial charge in [0, 0.05) is 26.2 Å². The van der Waals surface area contributed by atoms with Gasteiger partial charge in [-0.25, -0.2) is 12.8 Å². The molecule has 0 aromatic heterocycles. The summed E-state index contributed by atoms with van der Waals surface area (Å²) in [5.74, 6) is 0.381. The summed E-state index contributed by atoms with van der Waals surface area (Å²) < 4.78 is 45.2. The summed E-state index contributed by atoms with van der Waals surface area (Å²) in [5.41, 5.74) is 1.17. The molecular weight excluding hydrogens is 355 g/mol. The Morgan fingerprint density at radius 1 is 0.962 bits per heavy atom. The maximum atomic E-state index is 13.1. The van der Waals surface area contributed by atoms with Gasteiger partial charge in [0.25, 0.3) is 0 Å². The lowest BCUT2D eigenvalue weighted by molar-refractivity contribution is 0.278. The fourth-order valence-electron chi connectivity index (χ4n) is 3.09. The number of hydrogen-bond acceptors (Lipinski definition) is 4.